The lowest BCUT2D eigenvalue weighted by atomic mass is 9.99. The van der Waals surface area contributed by atoms with Crippen LogP contribution in [0.4, 0.5) is 17.1 Å². The molecule has 136 valence electrons. The smallest absolute Gasteiger partial charge is 0.205 e. The van der Waals surface area contributed by atoms with Gasteiger partial charge in [-0.25, -0.2) is 4.48 Å². The van der Waals surface area contributed by atoms with E-state index in [-0.39, 0.29) is 0 Å². The predicted octanol–water partition coefficient (Wildman–Crippen LogP) is 5.92. The molecule has 0 aliphatic carbocycles. The van der Waals surface area contributed by atoms with Crippen LogP contribution >= 0.6 is 0 Å². The summed E-state index contributed by atoms with van der Waals surface area (Å²) in [6.45, 7) is 9.73. The second-order valence-electron chi connectivity index (χ2n) is 8.03. The van der Waals surface area contributed by atoms with Gasteiger partial charge in [-0.1, -0.05) is 42.5 Å². The van der Waals surface area contributed by atoms with Crippen LogP contribution in [-0.4, -0.2) is 24.5 Å². The summed E-state index contributed by atoms with van der Waals surface area (Å²) in [6.07, 6.45) is 2.34. The number of para-hydroxylation sites is 2. The molecule has 0 saturated carbocycles. The van der Waals surface area contributed by atoms with E-state index in [0.29, 0.717) is 0 Å². The van der Waals surface area contributed by atoms with Gasteiger partial charge in [0.25, 0.3) is 6.67 Å². The fraction of sp³-hybridized carbons (Fsp3) is 0.240. The Hall–Kier alpha value is -2.71. The number of nitrogens with zero attached hydrogens (tertiary/aromatic N) is 2. The van der Waals surface area contributed by atoms with Crippen LogP contribution in [-0.2, 0) is 0 Å². The predicted molar refractivity (Wildman–Crippen MR) is 116 cm³/mol. The van der Waals surface area contributed by atoms with Crippen molar-refractivity contribution in [3.63, 3.8) is 0 Å². The zero-order valence-corrected chi connectivity index (χ0v) is 17.0. The van der Waals surface area contributed by atoms with Gasteiger partial charge in [0.15, 0.2) is 11.9 Å². The lowest BCUT2D eigenvalue weighted by molar-refractivity contribution is -0.457. The van der Waals surface area contributed by atoms with Crippen LogP contribution in [0.1, 0.15) is 27.8 Å². The fourth-order valence-electron chi connectivity index (χ4n) is 4.71. The molecule has 0 radical (unpaired) electrons. The highest BCUT2D eigenvalue weighted by Gasteiger charge is 2.41. The van der Waals surface area contributed by atoms with Crippen LogP contribution in [0.2, 0.25) is 0 Å². The van der Waals surface area contributed by atoms with Crippen molar-refractivity contribution in [2.45, 2.75) is 27.7 Å². The second kappa shape index (κ2) is 6.47. The average molecular weight is 357 g/mol. The number of hydrogen-bond acceptors (Lipinski definition) is 0. The van der Waals surface area contributed by atoms with E-state index in [4.69, 9.17) is 0 Å². The molecule has 1 unspecified atom stereocenters. The third kappa shape index (κ3) is 2.90. The van der Waals surface area contributed by atoms with Gasteiger partial charge in [0.1, 0.15) is 11.3 Å². The Morgan fingerprint density at radius 2 is 1.44 bits per heavy atom. The molecular formula is C25H28N2+2. The van der Waals surface area contributed by atoms with E-state index in [1.165, 1.54) is 44.9 Å². The van der Waals surface area contributed by atoms with E-state index in [1.807, 2.05) is 0 Å². The Kier molecular flexibility index (Phi) is 4.24. The summed E-state index contributed by atoms with van der Waals surface area (Å²) < 4.78 is 3.21. The number of rotatable bonds is 2. The second-order valence-corrected chi connectivity index (χ2v) is 8.03. The molecule has 0 bridgehead atoms. The molecule has 27 heavy (non-hydrogen) atoms. The van der Waals surface area contributed by atoms with Gasteiger partial charge in [-0.15, -0.1) is 4.58 Å². The van der Waals surface area contributed by atoms with Gasteiger partial charge < -0.3 is 0 Å². The number of quaternary nitrogens is 1. The molecule has 3 aromatic rings. The van der Waals surface area contributed by atoms with Crippen LogP contribution in [0.5, 0.6) is 0 Å². The lowest BCUT2D eigenvalue weighted by Gasteiger charge is -2.35. The quantitative estimate of drug-likeness (QED) is 0.396. The monoisotopic (exact) mass is 356 g/mol. The Morgan fingerprint density at radius 3 is 2.11 bits per heavy atom. The summed E-state index contributed by atoms with van der Waals surface area (Å²) in [6, 6.07) is 22.1. The maximum Gasteiger partial charge on any atom is 0.285 e. The molecule has 2 heteroatoms. The van der Waals surface area contributed by atoms with Gasteiger partial charge in [0.2, 0.25) is 5.69 Å². The molecule has 4 rings (SSSR count). The molecule has 0 aromatic heterocycles. The SMILES string of the molecule is Cc1cc(C)c2c(c1)C=[N+](c1c(C)cccc1C)C[N+]2(C)c1ccccc1. The van der Waals surface area contributed by atoms with Crippen LogP contribution < -0.4 is 4.48 Å². The van der Waals surface area contributed by atoms with E-state index in [2.05, 4.69) is 106 Å². The van der Waals surface area contributed by atoms with Crippen molar-refractivity contribution in [2.24, 2.45) is 0 Å². The molecule has 1 atom stereocenters. The maximum absolute atomic E-state index is 2.44. The largest absolute Gasteiger partial charge is 0.285 e. The number of fused-ring (bicyclic) bond motifs is 1. The molecule has 1 heterocycles. The Bertz CT molecular complexity index is 1030. The molecule has 3 aromatic carbocycles. The summed E-state index contributed by atoms with van der Waals surface area (Å²) >= 11 is 0. The van der Waals surface area contributed by atoms with Crippen molar-refractivity contribution in [3.8, 4) is 0 Å². The molecule has 2 nitrogen and oxygen atoms in total. The van der Waals surface area contributed by atoms with Crippen molar-refractivity contribution in [1.29, 1.82) is 0 Å². The zero-order chi connectivity index (χ0) is 19.2. The average Bonchev–Trinajstić information content (AvgIpc) is 2.61. The highest BCUT2D eigenvalue weighted by Crippen LogP contribution is 2.41. The lowest BCUT2D eigenvalue weighted by Crippen LogP contribution is -2.48. The number of hydrogen-bond donors (Lipinski definition) is 0. The minimum atomic E-state index is 0.770. The normalized spacial score (nSPS) is 18.8. The minimum absolute atomic E-state index is 0.770. The van der Waals surface area contributed by atoms with Crippen LogP contribution in [0, 0.1) is 27.7 Å². The van der Waals surface area contributed by atoms with E-state index in [9.17, 15) is 0 Å². The minimum Gasteiger partial charge on any atom is -0.205 e. The number of benzene rings is 3. The molecule has 1 aliphatic rings. The summed E-state index contributed by atoms with van der Waals surface area (Å²) in [4.78, 5) is 0. The molecule has 0 amide bonds. The topological polar surface area (TPSA) is 3.01 Å². The van der Waals surface area contributed by atoms with E-state index in [0.717, 1.165) is 11.2 Å². The van der Waals surface area contributed by atoms with Crippen LogP contribution in [0.3, 0.4) is 0 Å². The molecule has 0 N–H and O–H groups in total. The van der Waals surface area contributed by atoms with Gasteiger partial charge in [-0.2, -0.15) is 0 Å². The van der Waals surface area contributed by atoms with E-state index in [1.54, 1.807) is 0 Å². The third-order valence-electron chi connectivity index (χ3n) is 5.75. The van der Waals surface area contributed by atoms with Crippen molar-refractivity contribution >= 4 is 23.3 Å². The van der Waals surface area contributed by atoms with Crippen molar-refractivity contribution in [3.05, 3.63) is 88.5 Å². The highest BCUT2D eigenvalue weighted by molar-refractivity contribution is 5.89. The standard InChI is InChI=1S/C25H28N2/c1-18-14-21(4)25-22(15-18)16-26(24-19(2)10-9-11-20(24)3)17-27(25,5)23-12-7-6-8-13-23/h6-16H,17H2,1-5H3/q+2. The van der Waals surface area contributed by atoms with Gasteiger partial charge in [-0.3, -0.25) is 0 Å². The first-order valence-electron chi connectivity index (χ1n) is 9.61. The Balaban J connectivity index is 2.01. The molecule has 0 fully saturated rings. The van der Waals surface area contributed by atoms with Crippen molar-refractivity contribution in [2.75, 3.05) is 13.7 Å². The highest BCUT2D eigenvalue weighted by atomic mass is 15.4. The number of aryl methyl sites for hydroxylation is 4. The molecule has 0 saturated heterocycles. The van der Waals surface area contributed by atoms with Crippen molar-refractivity contribution in [1.82, 2.24) is 4.48 Å². The first kappa shape index (κ1) is 17.7. The van der Waals surface area contributed by atoms with Gasteiger partial charge in [0.05, 0.1) is 7.05 Å². The maximum atomic E-state index is 2.44. The summed E-state index contributed by atoms with van der Waals surface area (Å²) in [5, 5.41) is 0. The van der Waals surface area contributed by atoms with Crippen LogP contribution in [0.15, 0.2) is 60.7 Å². The van der Waals surface area contributed by atoms with Crippen LogP contribution in [0.25, 0.3) is 0 Å². The molecular weight excluding hydrogens is 328 g/mol. The summed E-state index contributed by atoms with van der Waals surface area (Å²) in [5.74, 6) is 0. The Labute approximate surface area is 162 Å². The van der Waals surface area contributed by atoms with Gasteiger partial charge in [-0.05, 0) is 51.5 Å². The summed E-state index contributed by atoms with van der Waals surface area (Å²) in [7, 11) is 2.34. The molecule has 0 spiro atoms. The van der Waals surface area contributed by atoms with Gasteiger partial charge >= 0.3 is 0 Å². The van der Waals surface area contributed by atoms with E-state index >= 15 is 0 Å². The third-order valence-corrected chi connectivity index (χ3v) is 5.75. The fourth-order valence-corrected chi connectivity index (χ4v) is 4.71. The molecule has 1 aliphatic heterocycles. The zero-order valence-electron chi connectivity index (χ0n) is 17.0. The summed E-state index contributed by atoms with van der Waals surface area (Å²) in [5.41, 5.74) is 10.6. The van der Waals surface area contributed by atoms with Gasteiger partial charge in [0, 0.05) is 16.7 Å². The first-order chi connectivity index (χ1) is 12.9. The van der Waals surface area contributed by atoms with Crippen molar-refractivity contribution < 1.29 is 4.58 Å². The first-order valence-corrected chi connectivity index (χ1v) is 9.61. The Morgan fingerprint density at radius 1 is 0.778 bits per heavy atom. The van der Waals surface area contributed by atoms with E-state index < -0.39 is 0 Å².